The Morgan fingerprint density at radius 1 is 0.955 bits per heavy atom. The average Bonchev–Trinajstić information content (AvgIpc) is 3.14. The van der Waals surface area contributed by atoms with Crippen LogP contribution >= 0.6 is 0 Å². The van der Waals surface area contributed by atoms with Crippen LogP contribution in [0.15, 0.2) is 36.4 Å². The molecule has 3 heteroatoms. The van der Waals surface area contributed by atoms with Gasteiger partial charge in [-0.3, -0.25) is 0 Å². The lowest BCUT2D eigenvalue weighted by Gasteiger charge is -2.32. The molecule has 3 aliphatic rings. The van der Waals surface area contributed by atoms with Crippen LogP contribution in [0.25, 0.3) is 0 Å². The van der Waals surface area contributed by atoms with Crippen molar-refractivity contribution in [3.63, 3.8) is 0 Å². The van der Waals surface area contributed by atoms with Gasteiger partial charge in [-0.15, -0.1) is 0 Å². The number of hydrogen-bond donors (Lipinski definition) is 2. The van der Waals surface area contributed by atoms with Crippen LogP contribution in [0.2, 0.25) is 0 Å². The van der Waals surface area contributed by atoms with E-state index in [1.807, 2.05) is 12.1 Å². The second-order valence-corrected chi connectivity index (χ2v) is 7.51. The van der Waals surface area contributed by atoms with Crippen molar-refractivity contribution in [2.45, 2.75) is 19.4 Å². The summed E-state index contributed by atoms with van der Waals surface area (Å²) >= 11 is 0. The van der Waals surface area contributed by atoms with Crippen LogP contribution in [0.4, 0.5) is 4.39 Å². The third kappa shape index (κ3) is 2.97. The van der Waals surface area contributed by atoms with E-state index in [9.17, 15) is 4.39 Å². The first-order valence-electron chi connectivity index (χ1n) is 8.87. The predicted molar refractivity (Wildman–Crippen MR) is 85.2 cm³/mol. The highest BCUT2D eigenvalue weighted by atomic mass is 19.1. The Labute approximate surface area is 132 Å². The van der Waals surface area contributed by atoms with E-state index in [0.29, 0.717) is 0 Å². The topological polar surface area (TPSA) is 8.88 Å². The Kier molecular flexibility index (Phi) is 4.01. The number of quaternary nitrogens is 2. The summed E-state index contributed by atoms with van der Waals surface area (Å²) in [6, 6.07) is 7.24. The lowest BCUT2D eigenvalue weighted by atomic mass is 9.93. The second kappa shape index (κ2) is 6.13. The fraction of sp³-hybridized carbons (Fsp3) is 0.579. The van der Waals surface area contributed by atoms with Crippen molar-refractivity contribution in [1.29, 1.82) is 0 Å². The molecule has 1 heterocycles. The number of halogens is 1. The molecule has 1 aromatic carbocycles. The molecule has 0 aromatic heterocycles. The summed E-state index contributed by atoms with van der Waals surface area (Å²) in [5, 5.41) is 0. The number of benzene rings is 1. The molecule has 2 aliphatic carbocycles. The zero-order valence-corrected chi connectivity index (χ0v) is 13.2. The average molecular weight is 302 g/mol. The minimum Gasteiger partial charge on any atom is -0.325 e. The molecule has 4 rings (SSSR count). The van der Waals surface area contributed by atoms with Gasteiger partial charge in [0.25, 0.3) is 0 Å². The quantitative estimate of drug-likeness (QED) is 0.742. The second-order valence-electron chi connectivity index (χ2n) is 7.51. The zero-order valence-electron chi connectivity index (χ0n) is 13.2. The highest BCUT2D eigenvalue weighted by Crippen LogP contribution is 2.42. The number of piperazine rings is 1. The van der Waals surface area contributed by atoms with E-state index in [-0.39, 0.29) is 5.82 Å². The summed E-state index contributed by atoms with van der Waals surface area (Å²) in [5.41, 5.74) is 0.874. The van der Waals surface area contributed by atoms with Gasteiger partial charge in [-0.25, -0.2) is 4.39 Å². The van der Waals surface area contributed by atoms with E-state index in [1.54, 1.807) is 21.9 Å². The van der Waals surface area contributed by atoms with Crippen LogP contribution < -0.4 is 9.80 Å². The van der Waals surface area contributed by atoms with E-state index in [2.05, 4.69) is 12.2 Å². The highest BCUT2D eigenvalue weighted by molar-refractivity contribution is 5.15. The Morgan fingerprint density at radius 3 is 2.41 bits per heavy atom. The lowest BCUT2D eigenvalue weighted by molar-refractivity contribution is -1.02. The van der Waals surface area contributed by atoms with Gasteiger partial charge < -0.3 is 9.80 Å². The SMILES string of the molecule is Fc1ccccc1C[NH+]1CC[NH+](C[C@H]2C[C@@H]3C=C[C@H]2C3)CC1. The van der Waals surface area contributed by atoms with E-state index >= 15 is 0 Å². The monoisotopic (exact) mass is 302 g/mol. The third-order valence-corrected chi connectivity index (χ3v) is 6.03. The number of nitrogens with one attached hydrogen (secondary N) is 2. The van der Waals surface area contributed by atoms with Crippen LogP contribution in [-0.4, -0.2) is 32.7 Å². The van der Waals surface area contributed by atoms with Gasteiger partial charge in [-0.2, -0.15) is 0 Å². The minimum absolute atomic E-state index is 0.0430. The van der Waals surface area contributed by atoms with Gasteiger partial charge in [0.15, 0.2) is 0 Å². The van der Waals surface area contributed by atoms with E-state index in [1.165, 1.54) is 45.6 Å². The molecule has 0 amide bonds. The molecule has 3 atom stereocenters. The maximum absolute atomic E-state index is 13.8. The predicted octanol–water partition coefficient (Wildman–Crippen LogP) is 0.321. The summed E-state index contributed by atoms with van der Waals surface area (Å²) < 4.78 is 13.8. The van der Waals surface area contributed by atoms with Crippen molar-refractivity contribution in [3.8, 4) is 0 Å². The van der Waals surface area contributed by atoms with E-state index in [0.717, 1.165) is 29.9 Å². The van der Waals surface area contributed by atoms with Gasteiger partial charge in [-0.1, -0.05) is 30.4 Å². The molecule has 2 fully saturated rings. The van der Waals surface area contributed by atoms with Crippen molar-refractivity contribution >= 4 is 0 Å². The Morgan fingerprint density at radius 2 is 1.73 bits per heavy atom. The normalized spacial score (nSPS) is 36.9. The van der Waals surface area contributed by atoms with Crippen molar-refractivity contribution in [3.05, 3.63) is 47.8 Å². The summed E-state index contributed by atoms with van der Waals surface area (Å²) in [6.45, 7) is 7.07. The first-order valence-corrected chi connectivity index (χ1v) is 8.87. The molecular formula is C19H27FN2+2. The lowest BCUT2D eigenvalue weighted by Crippen LogP contribution is -3.27. The standard InChI is InChI=1S/C19H25FN2/c20-19-4-2-1-3-17(19)13-21-7-9-22(10-8-21)14-18-12-15-5-6-16(18)11-15/h1-6,15-16,18H,7-14H2/p+2/t15-,16+,18-/m1/s1. The fourth-order valence-corrected chi connectivity index (χ4v) is 4.75. The molecule has 0 spiro atoms. The Bertz CT molecular complexity index is 548. The first kappa shape index (κ1) is 14.4. The molecule has 1 aliphatic heterocycles. The van der Waals surface area contributed by atoms with Crippen LogP contribution in [-0.2, 0) is 6.54 Å². The van der Waals surface area contributed by atoms with Crippen molar-refractivity contribution in [1.82, 2.24) is 0 Å². The fourth-order valence-electron chi connectivity index (χ4n) is 4.75. The number of hydrogen-bond acceptors (Lipinski definition) is 0. The van der Waals surface area contributed by atoms with Gasteiger partial charge in [-0.05, 0) is 30.7 Å². The number of allylic oxidation sites excluding steroid dienone is 2. The maximum Gasteiger partial charge on any atom is 0.132 e. The summed E-state index contributed by atoms with van der Waals surface area (Å²) in [6.07, 6.45) is 7.75. The molecule has 0 radical (unpaired) electrons. The van der Waals surface area contributed by atoms with Gasteiger partial charge in [0, 0.05) is 11.5 Å². The van der Waals surface area contributed by atoms with Gasteiger partial charge in [0.1, 0.15) is 38.5 Å². The summed E-state index contributed by atoms with van der Waals surface area (Å²) in [7, 11) is 0. The van der Waals surface area contributed by atoms with Crippen molar-refractivity contribution in [2.75, 3.05) is 32.7 Å². The molecule has 1 saturated heterocycles. The van der Waals surface area contributed by atoms with E-state index in [4.69, 9.17) is 0 Å². The maximum atomic E-state index is 13.8. The summed E-state index contributed by atoms with van der Waals surface area (Å²) in [4.78, 5) is 3.32. The first-order chi connectivity index (χ1) is 10.8. The molecule has 22 heavy (non-hydrogen) atoms. The number of fused-ring (bicyclic) bond motifs is 2. The van der Waals surface area contributed by atoms with Crippen molar-refractivity contribution in [2.24, 2.45) is 17.8 Å². The van der Waals surface area contributed by atoms with Gasteiger partial charge >= 0.3 is 0 Å². The third-order valence-electron chi connectivity index (χ3n) is 6.03. The smallest absolute Gasteiger partial charge is 0.132 e. The molecule has 1 saturated carbocycles. The molecular weight excluding hydrogens is 275 g/mol. The highest BCUT2D eigenvalue weighted by Gasteiger charge is 2.38. The van der Waals surface area contributed by atoms with Crippen LogP contribution in [0.5, 0.6) is 0 Å². The molecule has 2 nitrogen and oxygen atoms in total. The molecule has 2 N–H and O–H groups in total. The van der Waals surface area contributed by atoms with Crippen molar-refractivity contribution < 1.29 is 14.2 Å². The van der Waals surface area contributed by atoms with E-state index < -0.39 is 0 Å². The summed E-state index contributed by atoms with van der Waals surface area (Å²) in [5.74, 6) is 2.65. The van der Waals surface area contributed by atoms with Gasteiger partial charge in [0.05, 0.1) is 6.54 Å². The molecule has 0 unspecified atom stereocenters. The van der Waals surface area contributed by atoms with Crippen LogP contribution in [0, 0.1) is 23.6 Å². The Hall–Kier alpha value is -1.19. The molecule has 2 bridgehead atoms. The number of rotatable bonds is 4. The van der Waals surface area contributed by atoms with Crippen LogP contribution in [0.3, 0.4) is 0 Å². The molecule has 118 valence electrons. The zero-order chi connectivity index (χ0) is 14.9. The Balaban J connectivity index is 1.26. The van der Waals surface area contributed by atoms with Gasteiger partial charge in [0.2, 0.25) is 0 Å². The molecule has 1 aromatic rings. The van der Waals surface area contributed by atoms with Crippen LogP contribution in [0.1, 0.15) is 18.4 Å². The largest absolute Gasteiger partial charge is 0.325 e. The minimum atomic E-state index is -0.0430.